The zero-order chi connectivity index (χ0) is 15.7. The van der Waals surface area contributed by atoms with Crippen LogP contribution in [-0.2, 0) is 10.3 Å². The van der Waals surface area contributed by atoms with Crippen LogP contribution in [0.3, 0.4) is 0 Å². The van der Waals surface area contributed by atoms with E-state index in [4.69, 9.17) is 22.1 Å². The Morgan fingerprint density at radius 1 is 1.33 bits per heavy atom. The summed E-state index contributed by atoms with van der Waals surface area (Å²) in [6.45, 7) is 5.45. The molecule has 0 saturated heterocycles. The molecule has 0 bridgehead atoms. The van der Waals surface area contributed by atoms with Crippen molar-refractivity contribution in [1.29, 1.82) is 0 Å². The van der Waals surface area contributed by atoms with Gasteiger partial charge in [-0.25, -0.2) is 4.79 Å². The Morgan fingerprint density at radius 2 is 1.95 bits per heavy atom. The first-order valence-electron chi connectivity index (χ1n) is 7.29. The molecule has 0 spiro atoms. The van der Waals surface area contributed by atoms with Crippen molar-refractivity contribution in [1.82, 2.24) is 0 Å². The molecule has 4 nitrogen and oxygen atoms in total. The smallest absolute Gasteiger partial charge is 0.412 e. The molecule has 1 aliphatic carbocycles. The molecule has 0 radical (unpaired) electrons. The number of anilines is 1. The maximum Gasteiger partial charge on any atom is 0.412 e. The second-order valence-electron chi connectivity index (χ2n) is 6.68. The first-order valence-corrected chi connectivity index (χ1v) is 7.66. The summed E-state index contributed by atoms with van der Waals surface area (Å²) in [5.74, 6) is 0. The number of nitrogens with two attached hydrogens (primary N) is 1. The highest BCUT2D eigenvalue weighted by molar-refractivity contribution is 6.33. The number of amides is 1. The predicted molar refractivity (Wildman–Crippen MR) is 85.6 cm³/mol. The van der Waals surface area contributed by atoms with E-state index in [1.807, 2.05) is 32.9 Å². The second-order valence-corrected chi connectivity index (χ2v) is 7.09. The number of hydrogen-bond acceptors (Lipinski definition) is 3. The van der Waals surface area contributed by atoms with Crippen LogP contribution in [0.2, 0.25) is 5.02 Å². The first-order chi connectivity index (χ1) is 9.70. The molecule has 1 saturated carbocycles. The lowest BCUT2D eigenvalue weighted by Crippen LogP contribution is -2.33. The monoisotopic (exact) mass is 310 g/mol. The maximum atomic E-state index is 11.9. The minimum absolute atomic E-state index is 0.311. The van der Waals surface area contributed by atoms with Crippen molar-refractivity contribution in [2.75, 3.05) is 5.32 Å². The molecule has 3 N–H and O–H groups in total. The lowest BCUT2D eigenvalue weighted by atomic mass is 9.89. The van der Waals surface area contributed by atoms with Gasteiger partial charge in [0.1, 0.15) is 5.60 Å². The van der Waals surface area contributed by atoms with Crippen molar-refractivity contribution < 1.29 is 9.53 Å². The third kappa shape index (κ3) is 4.11. The van der Waals surface area contributed by atoms with Crippen LogP contribution in [0, 0.1) is 0 Å². The number of halogens is 1. The normalized spacial score (nSPS) is 17.6. The Hall–Kier alpha value is -1.26. The number of rotatable bonds is 2. The molecule has 0 aromatic heterocycles. The van der Waals surface area contributed by atoms with Gasteiger partial charge in [-0.3, -0.25) is 5.32 Å². The average Bonchev–Trinajstić information content (AvgIpc) is 2.77. The number of carbonyl (C=O) groups excluding carboxylic acids is 1. The average molecular weight is 311 g/mol. The van der Waals surface area contributed by atoms with E-state index in [2.05, 4.69) is 5.32 Å². The molecule has 1 amide bonds. The fourth-order valence-electron chi connectivity index (χ4n) is 2.64. The van der Waals surface area contributed by atoms with Gasteiger partial charge in [0.15, 0.2) is 0 Å². The zero-order valence-electron chi connectivity index (χ0n) is 12.8. The number of benzene rings is 1. The summed E-state index contributed by atoms with van der Waals surface area (Å²) in [4.78, 5) is 11.9. The standard InChI is InChI=1S/C16H23ClN2O2/c1-15(2,3)21-14(20)19-13-10-11(6-7-12(13)17)16(18)8-4-5-9-16/h6-7,10H,4-5,8-9,18H2,1-3H3,(H,19,20). The van der Waals surface area contributed by atoms with E-state index in [1.54, 1.807) is 6.07 Å². The van der Waals surface area contributed by atoms with Gasteiger partial charge in [0.25, 0.3) is 0 Å². The SMILES string of the molecule is CC(C)(C)OC(=O)Nc1cc(C2(N)CCCC2)ccc1Cl. The van der Waals surface area contributed by atoms with E-state index >= 15 is 0 Å². The highest BCUT2D eigenvalue weighted by Crippen LogP contribution is 2.38. The van der Waals surface area contributed by atoms with Crippen LogP contribution in [0.15, 0.2) is 18.2 Å². The second kappa shape index (κ2) is 5.85. The summed E-state index contributed by atoms with van der Waals surface area (Å²) >= 11 is 6.15. The summed E-state index contributed by atoms with van der Waals surface area (Å²) in [6.07, 6.45) is 3.67. The van der Waals surface area contributed by atoms with Gasteiger partial charge in [-0.1, -0.05) is 30.5 Å². The molecule has 2 rings (SSSR count). The Balaban J connectivity index is 2.18. The van der Waals surface area contributed by atoms with Crippen molar-refractivity contribution in [2.45, 2.75) is 57.6 Å². The number of nitrogens with one attached hydrogen (secondary N) is 1. The van der Waals surface area contributed by atoms with Crippen LogP contribution in [0.4, 0.5) is 10.5 Å². The summed E-state index contributed by atoms with van der Waals surface area (Å²) in [5.41, 5.74) is 7.14. The molecular formula is C16H23ClN2O2. The predicted octanol–water partition coefficient (Wildman–Crippen LogP) is 4.42. The van der Waals surface area contributed by atoms with E-state index < -0.39 is 11.7 Å². The number of hydrogen-bond donors (Lipinski definition) is 2. The molecular weight excluding hydrogens is 288 g/mol. The third-order valence-corrected chi connectivity index (χ3v) is 4.00. The Labute approximate surface area is 131 Å². The van der Waals surface area contributed by atoms with Crippen LogP contribution in [-0.4, -0.2) is 11.7 Å². The van der Waals surface area contributed by atoms with E-state index in [-0.39, 0.29) is 5.54 Å². The number of ether oxygens (including phenoxy) is 1. The molecule has 5 heteroatoms. The molecule has 1 aromatic carbocycles. The minimum atomic E-state index is -0.547. The van der Waals surface area contributed by atoms with Crippen LogP contribution >= 0.6 is 11.6 Å². The lowest BCUT2D eigenvalue weighted by Gasteiger charge is -2.25. The van der Waals surface area contributed by atoms with Crippen LogP contribution < -0.4 is 11.1 Å². The summed E-state index contributed by atoms with van der Waals surface area (Å²) in [5, 5.41) is 3.18. The summed E-state index contributed by atoms with van der Waals surface area (Å²) < 4.78 is 5.25. The Morgan fingerprint density at radius 3 is 2.52 bits per heavy atom. The Bertz CT molecular complexity index is 532. The van der Waals surface area contributed by atoms with E-state index in [1.165, 1.54) is 0 Å². The summed E-state index contributed by atoms with van der Waals surface area (Å²) in [6, 6.07) is 5.57. The van der Waals surface area contributed by atoms with Gasteiger partial charge in [0, 0.05) is 5.54 Å². The van der Waals surface area contributed by atoms with Crippen LogP contribution in [0.5, 0.6) is 0 Å². The molecule has 0 aliphatic heterocycles. The van der Waals surface area contributed by atoms with Crippen molar-refractivity contribution >= 4 is 23.4 Å². The molecule has 1 aliphatic rings. The fourth-order valence-corrected chi connectivity index (χ4v) is 2.80. The highest BCUT2D eigenvalue weighted by atomic mass is 35.5. The molecule has 21 heavy (non-hydrogen) atoms. The van der Waals surface area contributed by atoms with Gasteiger partial charge in [0.05, 0.1) is 10.7 Å². The third-order valence-electron chi connectivity index (χ3n) is 3.67. The van der Waals surface area contributed by atoms with Gasteiger partial charge in [-0.2, -0.15) is 0 Å². The van der Waals surface area contributed by atoms with Gasteiger partial charge in [0.2, 0.25) is 0 Å². The summed E-state index contributed by atoms with van der Waals surface area (Å²) in [7, 11) is 0. The largest absolute Gasteiger partial charge is 0.444 e. The minimum Gasteiger partial charge on any atom is -0.444 e. The van der Waals surface area contributed by atoms with Crippen LogP contribution in [0.1, 0.15) is 52.0 Å². The lowest BCUT2D eigenvalue weighted by molar-refractivity contribution is 0.0636. The van der Waals surface area contributed by atoms with Crippen molar-refractivity contribution in [3.63, 3.8) is 0 Å². The van der Waals surface area contributed by atoms with Gasteiger partial charge < -0.3 is 10.5 Å². The van der Waals surface area contributed by atoms with Crippen molar-refractivity contribution in [2.24, 2.45) is 5.73 Å². The van der Waals surface area contributed by atoms with E-state index in [9.17, 15) is 4.79 Å². The topological polar surface area (TPSA) is 64.3 Å². The van der Waals surface area contributed by atoms with E-state index in [0.29, 0.717) is 10.7 Å². The molecule has 116 valence electrons. The quantitative estimate of drug-likeness (QED) is 0.850. The fraction of sp³-hybridized carbons (Fsp3) is 0.562. The van der Waals surface area contributed by atoms with Crippen LogP contribution in [0.25, 0.3) is 0 Å². The zero-order valence-corrected chi connectivity index (χ0v) is 13.6. The molecule has 0 unspecified atom stereocenters. The van der Waals surface area contributed by atoms with Crippen molar-refractivity contribution in [3.8, 4) is 0 Å². The number of carbonyl (C=O) groups is 1. The molecule has 1 fully saturated rings. The molecule has 0 heterocycles. The van der Waals surface area contributed by atoms with Gasteiger partial charge in [-0.05, 0) is 51.3 Å². The Kier molecular flexibility index (Phi) is 4.49. The molecule has 1 aromatic rings. The maximum absolute atomic E-state index is 11.9. The van der Waals surface area contributed by atoms with E-state index in [0.717, 1.165) is 31.2 Å². The first kappa shape index (κ1) is 16.1. The van der Waals surface area contributed by atoms with Crippen molar-refractivity contribution in [3.05, 3.63) is 28.8 Å². The highest BCUT2D eigenvalue weighted by Gasteiger charge is 2.31. The van der Waals surface area contributed by atoms with Gasteiger partial charge in [-0.15, -0.1) is 0 Å². The van der Waals surface area contributed by atoms with Gasteiger partial charge >= 0.3 is 6.09 Å². The molecule has 0 atom stereocenters.